The largest absolute Gasteiger partial charge is 0.468 e. The molecular weight excluding hydrogens is 208 g/mol. The number of aromatic nitrogens is 1. The molecule has 4 heteroatoms. The van der Waals surface area contributed by atoms with Crippen LogP contribution in [0.1, 0.15) is 11.3 Å². The van der Waals surface area contributed by atoms with Crippen molar-refractivity contribution in [2.24, 2.45) is 0 Å². The van der Waals surface area contributed by atoms with Crippen LogP contribution in [0.2, 0.25) is 0 Å². The monoisotopic (exact) mass is 220 g/mol. The molecule has 0 aliphatic heterocycles. The summed E-state index contributed by atoms with van der Waals surface area (Å²) in [6.07, 6.45) is 3.45. The van der Waals surface area contributed by atoms with Crippen LogP contribution in [-0.4, -0.2) is 4.98 Å². The summed E-state index contributed by atoms with van der Waals surface area (Å²) in [7, 11) is 0. The molecule has 0 amide bonds. The van der Waals surface area contributed by atoms with Crippen LogP contribution < -0.4 is 5.73 Å². The molecule has 0 spiro atoms. The molecule has 2 rings (SSSR count). The summed E-state index contributed by atoms with van der Waals surface area (Å²) in [5.41, 5.74) is 7.66. The van der Waals surface area contributed by atoms with Gasteiger partial charge in [0, 0.05) is 6.20 Å². The van der Waals surface area contributed by atoms with Crippen molar-refractivity contribution in [3.8, 4) is 0 Å². The van der Waals surface area contributed by atoms with Gasteiger partial charge in [0.25, 0.3) is 0 Å². The third-order valence-corrected chi connectivity index (χ3v) is 3.13. The van der Waals surface area contributed by atoms with E-state index in [1.165, 1.54) is 0 Å². The first-order chi connectivity index (χ1) is 7.27. The molecule has 0 saturated carbocycles. The number of rotatable bonds is 3. The number of pyridine rings is 1. The van der Waals surface area contributed by atoms with Gasteiger partial charge in [0.15, 0.2) is 0 Å². The average molecular weight is 220 g/mol. The van der Waals surface area contributed by atoms with Gasteiger partial charge in [0.05, 0.1) is 17.7 Å². The Morgan fingerprint density at radius 2 is 2.33 bits per heavy atom. The second-order valence-corrected chi connectivity index (χ2v) is 4.18. The van der Waals surface area contributed by atoms with Crippen molar-refractivity contribution in [2.45, 2.75) is 17.7 Å². The van der Waals surface area contributed by atoms with Gasteiger partial charge in [-0.2, -0.15) is 0 Å². The van der Waals surface area contributed by atoms with Gasteiger partial charge in [0.1, 0.15) is 10.8 Å². The molecule has 0 aliphatic rings. The van der Waals surface area contributed by atoms with Crippen molar-refractivity contribution < 1.29 is 4.42 Å². The first kappa shape index (κ1) is 10.1. The highest BCUT2D eigenvalue weighted by Gasteiger charge is 2.05. The van der Waals surface area contributed by atoms with Gasteiger partial charge in [-0.1, -0.05) is 11.8 Å². The van der Waals surface area contributed by atoms with Gasteiger partial charge >= 0.3 is 0 Å². The molecular formula is C11H12N2OS. The molecule has 2 aromatic rings. The Kier molecular flexibility index (Phi) is 2.97. The van der Waals surface area contributed by atoms with E-state index in [0.29, 0.717) is 5.69 Å². The van der Waals surface area contributed by atoms with E-state index in [-0.39, 0.29) is 0 Å². The van der Waals surface area contributed by atoms with E-state index in [1.807, 2.05) is 25.1 Å². The van der Waals surface area contributed by atoms with Gasteiger partial charge in [-0.15, -0.1) is 0 Å². The first-order valence-electron chi connectivity index (χ1n) is 4.63. The number of thioether (sulfide) groups is 1. The van der Waals surface area contributed by atoms with Gasteiger partial charge in [0.2, 0.25) is 0 Å². The molecule has 3 nitrogen and oxygen atoms in total. The van der Waals surface area contributed by atoms with Gasteiger partial charge in [-0.25, -0.2) is 4.98 Å². The van der Waals surface area contributed by atoms with Crippen molar-refractivity contribution in [1.29, 1.82) is 0 Å². The number of nitrogens with two attached hydrogens (primary N) is 1. The van der Waals surface area contributed by atoms with Gasteiger partial charge in [-0.05, 0) is 30.7 Å². The number of nitrogens with zero attached hydrogens (tertiary/aromatic N) is 1. The van der Waals surface area contributed by atoms with Crippen LogP contribution in [0.3, 0.4) is 0 Å². The van der Waals surface area contributed by atoms with Crippen LogP contribution in [0.5, 0.6) is 0 Å². The van der Waals surface area contributed by atoms with Crippen LogP contribution in [0.4, 0.5) is 5.69 Å². The van der Waals surface area contributed by atoms with Crippen LogP contribution in [0, 0.1) is 6.92 Å². The number of hydrogen-bond acceptors (Lipinski definition) is 4. The third kappa shape index (κ3) is 2.33. The fraction of sp³-hybridized carbons (Fsp3) is 0.182. The molecule has 0 aliphatic carbocycles. The van der Waals surface area contributed by atoms with E-state index in [9.17, 15) is 0 Å². The minimum Gasteiger partial charge on any atom is -0.468 e. The molecule has 0 radical (unpaired) electrons. The highest BCUT2D eigenvalue weighted by molar-refractivity contribution is 7.98. The second-order valence-electron chi connectivity index (χ2n) is 3.21. The molecule has 0 unspecified atom stereocenters. The lowest BCUT2D eigenvalue weighted by Crippen LogP contribution is -1.91. The Morgan fingerprint density at radius 1 is 1.47 bits per heavy atom. The summed E-state index contributed by atoms with van der Waals surface area (Å²) in [6.45, 7) is 2.03. The van der Waals surface area contributed by atoms with Crippen molar-refractivity contribution >= 4 is 17.4 Å². The van der Waals surface area contributed by atoms with Crippen LogP contribution >= 0.6 is 11.8 Å². The van der Waals surface area contributed by atoms with E-state index < -0.39 is 0 Å². The van der Waals surface area contributed by atoms with Crippen molar-refractivity contribution in [2.75, 3.05) is 5.73 Å². The normalized spacial score (nSPS) is 10.5. The maximum Gasteiger partial charge on any atom is 0.119 e. The first-order valence-corrected chi connectivity index (χ1v) is 5.62. The number of anilines is 1. The summed E-state index contributed by atoms with van der Waals surface area (Å²) in [6, 6.07) is 5.64. The summed E-state index contributed by atoms with van der Waals surface area (Å²) in [5.74, 6) is 1.74. The Bertz CT molecular complexity index is 453. The smallest absolute Gasteiger partial charge is 0.119 e. The fourth-order valence-corrected chi connectivity index (χ4v) is 2.14. The van der Waals surface area contributed by atoms with Crippen molar-refractivity contribution in [3.63, 3.8) is 0 Å². The summed E-state index contributed by atoms with van der Waals surface area (Å²) in [4.78, 5) is 4.20. The van der Waals surface area contributed by atoms with E-state index in [4.69, 9.17) is 10.2 Å². The van der Waals surface area contributed by atoms with Crippen LogP contribution in [0.25, 0.3) is 0 Å². The Labute approximate surface area is 92.7 Å². The van der Waals surface area contributed by atoms with E-state index >= 15 is 0 Å². The zero-order valence-electron chi connectivity index (χ0n) is 8.43. The summed E-state index contributed by atoms with van der Waals surface area (Å²) >= 11 is 1.59. The quantitative estimate of drug-likeness (QED) is 0.808. The van der Waals surface area contributed by atoms with Crippen LogP contribution in [0.15, 0.2) is 40.1 Å². The molecule has 78 valence electrons. The zero-order valence-corrected chi connectivity index (χ0v) is 9.25. The average Bonchev–Trinajstić information content (AvgIpc) is 2.63. The van der Waals surface area contributed by atoms with Crippen LogP contribution in [-0.2, 0) is 5.75 Å². The third-order valence-electron chi connectivity index (χ3n) is 2.11. The molecule has 2 N–H and O–H groups in total. The minimum absolute atomic E-state index is 0.715. The highest BCUT2D eigenvalue weighted by atomic mass is 32.2. The topological polar surface area (TPSA) is 52.0 Å². The number of hydrogen-bond donors (Lipinski definition) is 1. The molecule has 0 fully saturated rings. The lowest BCUT2D eigenvalue weighted by atomic mass is 10.3. The van der Waals surface area contributed by atoms with Crippen molar-refractivity contribution in [3.05, 3.63) is 42.0 Å². The number of aryl methyl sites for hydroxylation is 1. The fourth-order valence-electron chi connectivity index (χ4n) is 1.21. The Morgan fingerprint density at radius 3 is 3.00 bits per heavy atom. The predicted octanol–water partition coefficient (Wildman–Crippen LogP) is 2.86. The summed E-state index contributed by atoms with van der Waals surface area (Å²) in [5, 5.41) is 0.855. The maximum absolute atomic E-state index is 5.78. The number of nitrogen functional groups attached to an aromatic ring is 1. The Hall–Kier alpha value is -1.42. The zero-order chi connectivity index (χ0) is 10.7. The van der Waals surface area contributed by atoms with E-state index in [1.54, 1.807) is 24.2 Å². The SMILES string of the molecule is Cc1ccoc1CSc1ncccc1N. The number of furan rings is 1. The maximum atomic E-state index is 5.78. The lowest BCUT2D eigenvalue weighted by Gasteiger charge is -2.02. The minimum atomic E-state index is 0.715. The van der Waals surface area contributed by atoms with E-state index in [0.717, 1.165) is 22.1 Å². The lowest BCUT2D eigenvalue weighted by molar-refractivity contribution is 0.528. The second kappa shape index (κ2) is 4.40. The molecule has 0 bridgehead atoms. The molecule has 0 aromatic carbocycles. The Balaban J connectivity index is 2.06. The molecule has 0 atom stereocenters. The highest BCUT2D eigenvalue weighted by Crippen LogP contribution is 2.26. The summed E-state index contributed by atoms with van der Waals surface area (Å²) < 4.78 is 5.34. The van der Waals surface area contributed by atoms with Gasteiger partial charge in [-0.3, -0.25) is 0 Å². The molecule has 15 heavy (non-hydrogen) atoms. The molecule has 0 saturated heterocycles. The van der Waals surface area contributed by atoms with Gasteiger partial charge < -0.3 is 10.2 Å². The molecule has 2 heterocycles. The van der Waals surface area contributed by atoms with E-state index in [2.05, 4.69) is 4.98 Å². The molecule has 2 aromatic heterocycles. The predicted molar refractivity (Wildman–Crippen MR) is 61.7 cm³/mol. The van der Waals surface area contributed by atoms with Crippen molar-refractivity contribution in [1.82, 2.24) is 4.98 Å². The standard InChI is InChI=1S/C11H12N2OS/c1-8-4-6-14-10(8)7-15-11-9(12)3-2-5-13-11/h2-6H,7,12H2,1H3.